The molecular formula is C34H45NO6. The Balaban J connectivity index is 1.76. The number of unbranched alkanes of at least 4 members (excludes halogenated alkanes) is 8. The minimum Gasteiger partial charge on any atom is -0.482 e. The van der Waals surface area contributed by atoms with Crippen LogP contribution in [0.3, 0.4) is 0 Å². The third-order valence-corrected chi connectivity index (χ3v) is 7.15. The van der Waals surface area contributed by atoms with E-state index in [-0.39, 0.29) is 19.0 Å². The summed E-state index contributed by atoms with van der Waals surface area (Å²) in [6, 6.07) is 15.0. The van der Waals surface area contributed by atoms with Crippen molar-refractivity contribution in [3.8, 4) is 5.75 Å². The van der Waals surface area contributed by atoms with Crippen LogP contribution in [0.25, 0.3) is 10.9 Å². The van der Waals surface area contributed by atoms with Gasteiger partial charge in [0.15, 0.2) is 12.4 Å². The molecule has 0 spiro atoms. The van der Waals surface area contributed by atoms with Crippen molar-refractivity contribution in [1.29, 1.82) is 0 Å². The summed E-state index contributed by atoms with van der Waals surface area (Å²) in [6.07, 6.45) is 11.0. The normalized spacial score (nSPS) is 11.0. The van der Waals surface area contributed by atoms with Gasteiger partial charge in [0.2, 0.25) is 0 Å². The highest BCUT2D eigenvalue weighted by Crippen LogP contribution is 2.30. The molecule has 0 radical (unpaired) electrons. The quantitative estimate of drug-likeness (QED) is 0.0837. The number of Topliss-reactive ketones (excluding diaryl/α,β-unsaturated/α-hetero) is 1. The maximum absolute atomic E-state index is 13.6. The fourth-order valence-corrected chi connectivity index (χ4v) is 5.10. The number of fused-ring (bicyclic) bond motifs is 1. The van der Waals surface area contributed by atoms with E-state index in [4.69, 9.17) is 14.2 Å². The van der Waals surface area contributed by atoms with E-state index < -0.39 is 11.9 Å². The van der Waals surface area contributed by atoms with Crippen molar-refractivity contribution in [3.05, 3.63) is 65.4 Å². The van der Waals surface area contributed by atoms with Gasteiger partial charge < -0.3 is 18.8 Å². The number of esters is 2. The molecule has 7 nitrogen and oxygen atoms in total. The lowest BCUT2D eigenvalue weighted by Crippen LogP contribution is -2.17. The van der Waals surface area contributed by atoms with Crippen LogP contribution in [-0.4, -0.2) is 42.1 Å². The zero-order chi connectivity index (χ0) is 29.5. The zero-order valence-electron chi connectivity index (χ0n) is 24.9. The molecule has 41 heavy (non-hydrogen) atoms. The molecule has 3 rings (SSSR count). The summed E-state index contributed by atoms with van der Waals surface area (Å²) in [5.41, 5.74) is 2.48. The first-order valence-corrected chi connectivity index (χ1v) is 15.2. The number of nitrogens with zero attached hydrogens (tertiary/aromatic N) is 1. The molecular weight excluding hydrogens is 518 g/mol. The van der Waals surface area contributed by atoms with Crippen LogP contribution in [0, 0.1) is 0 Å². The maximum Gasteiger partial charge on any atom is 0.355 e. The van der Waals surface area contributed by atoms with Crippen LogP contribution in [0.15, 0.2) is 48.5 Å². The lowest BCUT2D eigenvalue weighted by atomic mass is 10.00. The van der Waals surface area contributed by atoms with Gasteiger partial charge >= 0.3 is 11.9 Å². The molecule has 3 aromatic rings. The summed E-state index contributed by atoms with van der Waals surface area (Å²) in [5.74, 6) is -0.391. The Morgan fingerprint density at radius 1 is 0.732 bits per heavy atom. The lowest BCUT2D eigenvalue weighted by Gasteiger charge is -2.12. The topological polar surface area (TPSA) is 83.8 Å². The summed E-state index contributed by atoms with van der Waals surface area (Å²) in [5, 5.41) is 0.769. The first-order valence-electron chi connectivity index (χ1n) is 15.2. The maximum atomic E-state index is 13.6. The van der Waals surface area contributed by atoms with Gasteiger partial charge in [0.05, 0.1) is 18.8 Å². The molecule has 7 heteroatoms. The Hall–Kier alpha value is -3.61. The number of ketones is 1. The molecule has 2 aromatic carbocycles. The number of para-hydroxylation sites is 1. The Morgan fingerprint density at radius 3 is 2.02 bits per heavy atom. The summed E-state index contributed by atoms with van der Waals surface area (Å²) in [6.45, 7) is 6.48. The van der Waals surface area contributed by atoms with Crippen LogP contribution < -0.4 is 4.74 Å². The minimum absolute atomic E-state index is 0.0198. The average Bonchev–Trinajstić information content (AvgIpc) is 3.30. The van der Waals surface area contributed by atoms with E-state index in [0.29, 0.717) is 36.6 Å². The highest BCUT2D eigenvalue weighted by atomic mass is 16.6. The van der Waals surface area contributed by atoms with E-state index in [0.717, 1.165) is 35.7 Å². The molecule has 0 N–H and O–H groups in total. The largest absolute Gasteiger partial charge is 0.482 e. The molecule has 0 aliphatic heterocycles. The minimum atomic E-state index is -0.492. The molecule has 1 heterocycles. The van der Waals surface area contributed by atoms with Crippen molar-refractivity contribution in [1.82, 2.24) is 4.57 Å². The van der Waals surface area contributed by atoms with E-state index in [2.05, 4.69) is 6.92 Å². The standard InChI is InChI=1S/C34H45NO6/c1-4-7-8-9-10-11-12-13-14-19-30(36)32-28-17-15-16-18-29(28)35(33(32)34(38)40-6-3)24-26-20-22-27(23-21-26)41-25-31(37)39-5-2/h15-18,20-23H,4-14,19,24-25H2,1-3H3. The van der Waals surface area contributed by atoms with Gasteiger partial charge in [-0.1, -0.05) is 88.6 Å². The summed E-state index contributed by atoms with van der Waals surface area (Å²) >= 11 is 0. The first-order chi connectivity index (χ1) is 20.0. The van der Waals surface area contributed by atoms with Crippen molar-refractivity contribution in [3.63, 3.8) is 0 Å². The van der Waals surface area contributed by atoms with E-state index in [9.17, 15) is 14.4 Å². The van der Waals surface area contributed by atoms with Crippen LogP contribution in [0.1, 0.15) is 111 Å². The Bertz CT molecular complexity index is 1260. The average molecular weight is 564 g/mol. The molecule has 0 unspecified atom stereocenters. The number of carbonyl (C=O) groups is 3. The van der Waals surface area contributed by atoms with Gasteiger partial charge in [0.1, 0.15) is 11.4 Å². The molecule has 0 atom stereocenters. The highest BCUT2D eigenvalue weighted by Gasteiger charge is 2.27. The molecule has 0 aliphatic carbocycles. The van der Waals surface area contributed by atoms with E-state index in [1.54, 1.807) is 26.0 Å². The molecule has 0 saturated heterocycles. The third-order valence-electron chi connectivity index (χ3n) is 7.15. The monoisotopic (exact) mass is 563 g/mol. The van der Waals surface area contributed by atoms with Crippen molar-refractivity contribution in [2.75, 3.05) is 19.8 Å². The smallest absolute Gasteiger partial charge is 0.355 e. The highest BCUT2D eigenvalue weighted by molar-refractivity contribution is 6.15. The van der Waals surface area contributed by atoms with Crippen LogP contribution in [0.2, 0.25) is 0 Å². The fraction of sp³-hybridized carbons (Fsp3) is 0.500. The fourth-order valence-electron chi connectivity index (χ4n) is 5.10. The van der Waals surface area contributed by atoms with Gasteiger partial charge in [-0.2, -0.15) is 0 Å². The number of hydrogen-bond acceptors (Lipinski definition) is 6. The molecule has 0 saturated carbocycles. The molecule has 0 aliphatic rings. The van der Waals surface area contributed by atoms with Crippen LogP contribution in [0.4, 0.5) is 0 Å². The number of aromatic nitrogens is 1. The van der Waals surface area contributed by atoms with Gasteiger partial charge in [0, 0.05) is 23.9 Å². The van der Waals surface area contributed by atoms with Crippen molar-refractivity contribution in [2.45, 2.75) is 91.5 Å². The summed E-state index contributed by atoms with van der Waals surface area (Å²) in [7, 11) is 0. The summed E-state index contributed by atoms with van der Waals surface area (Å²) < 4.78 is 17.7. The second kappa shape index (κ2) is 17.3. The van der Waals surface area contributed by atoms with E-state index in [1.807, 2.05) is 41.0 Å². The molecule has 0 bridgehead atoms. The third kappa shape index (κ3) is 9.48. The Kier molecular flexibility index (Phi) is 13.4. The van der Waals surface area contributed by atoms with Crippen molar-refractivity contribution < 1.29 is 28.6 Å². The van der Waals surface area contributed by atoms with Crippen molar-refractivity contribution >= 4 is 28.6 Å². The van der Waals surface area contributed by atoms with Gasteiger partial charge in [-0.05, 0) is 44.0 Å². The number of rotatable bonds is 19. The van der Waals surface area contributed by atoms with E-state index in [1.165, 1.54) is 38.5 Å². The Morgan fingerprint density at radius 2 is 1.37 bits per heavy atom. The van der Waals surface area contributed by atoms with Crippen LogP contribution in [0.5, 0.6) is 5.75 Å². The van der Waals surface area contributed by atoms with Gasteiger partial charge in [-0.15, -0.1) is 0 Å². The SMILES string of the molecule is CCCCCCCCCCCC(=O)c1c(C(=O)OCC)n(Cc2ccc(OCC(=O)OCC)cc2)c2ccccc12. The first kappa shape index (κ1) is 31.9. The molecule has 0 fully saturated rings. The van der Waals surface area contributed by atoms with E-state index >= 15 is 0 Å². The predicted molar refractivity (Wildman–Crippen MR) is 162 cm³/mol. The number of ether oxygens (including phenoxy) is 3. The molecule has 1 aromatic heterocycles. The Labute approximate surface area is 244 Å². The van der Waals surface area contributed by atoms with Crippen molar-refractivity contribution in [2.24, 2.45) is 0 Å². The van der Waals surface area contributed by atoms with Gasteiger partial charge in [0.25, 0.3) is 0 Å². The molecule has 222 valence electrons. The lowest BCUT2D eigenvalue weighted by molar-refractivity contribution is -0.145. The van der Waals surface area contributed by atoms with Crippen LogP contribution >= 0.6 is 0 Å². The second-order valence-electron chi connectivity index (χ2n) is 10.3. The number of carbonyl (C=O) groups excluding carboxylic acids is 3. The van der Waals surface area contributed by atoms with Crippen LogP contribution in [-0.2, 0) is 20.8 Å². The number of hydrogen-bond donors (Lipinski definition) is 0. The number of benzene rings is 2. The van der Waals surface area contributed by atoms with Gasteiger partial charge in [-0.3, -0.25) is 4.79 Å². The molecule has 0 amide bonds. The second-order valence-corrected chi connectivity index (χ2v) is 10.3. The predicted octanol–water partition coefficient (Wildman–Crippen LogP) is 7.91. The zero-order valence-corrected chi connectivity index (χ0v) is 24.9. The van der Waals surface area contributed by atoms with Gasteiger partial charge in [-0.25, -0.2) is 9.59 Å². The summed E-state index contributed by atoms with van der Waals surface area (Å²) in [4.78, 5) is 38.5.